The third-order valence-electron chi connectivity index (χ3n) is 3.05. The number of benzene rings is 2. The number of rotatable bonds is 4. The van der Waals surface area contributed by atoms with Crippen molar-refractivity contribution in [1.82, 2.24) is 0 Å². The van der Waals surface area contributed by atoms with E-state index in [1.54, 1.807) is 0 Å². The monoisotopic (exact) mass is 255 g/mol. The van der Waals surface area contributed by atoms with Crippen molar-refractivity contribution in [3.63, 3.8) is 0 Å². The molecule has 0 aliphatic rings. The molecule has 19 heavy (non-hydrogen) atoms. The van der Waals surface area contributed by atoms with Crippen LogP contribution >= 0.6 is 0 Å². The van der Waals surface area contributed by atoms with Crippen LogP contribution in [0.2, 0.25) is 0 Å². The van der Waals surface area contributed by atoms with Crippen molar-refractivity contribution >= 4 is 5.97 Å². The Kier molecular flexibility index (Phi) is 3.97. The lowest BCUT2D eigenvalue weighted by Gasteiger charge is -2.09. The average molecular weight is 255 g/mol. The van der Waals surface area contributed by atoms with Gasteiger partial charge in [-0.05, 0) is 30.0 Å². The zero-order valence-corrected chi connectivity index (χ0v) is 10.8. The van der Waals surface area contributed by atoms with Crippen molar-refractivity contribution in [2.45, 2.75) is 19.4 Å². The SMILES string of the molecule is Cc1cccc(-c2cccc(CC(N)C(=O)O)c2)c1. The molecule has 0 aromatic heterocycles. The van der Waals surface area contributed by atoms with Crippen LogP contribution in [0.4, 0.5) is 0 Å². The van der Waals surface area contributed by atoms with Crippen LogP contribution in [0.3, 0.4) is 0 Å². The summed E-state index contributed by atoms with van der Waals surface area (Å²) in [6, 6.07) is 15.2. The van der Waals surface area contributed by atoms with Crippen LogP contribution in [0.1, 0.15) is 11.1 Å². The van der Waals surface area contributed by atoms with Gasteiger partial charge in [0.25, 0.3) is 0 Å². The summed E-state index contributed by atoms with van der Waals surface area (Å²) in [4.78, 5) is 10.8. The molecule has 0 bridgehead atoms. The molecule has 0 spiro atoms. The van der Waals surface area contributed by atoms with E-state index in [0.29, 0.717) is 6.42 Å². The van der Waals surface area contributed by atoms with Crippen LogP contribution in [-0.4, -0.2) is 17.1 Å². The molecular formula is C16H17NO2. The molecule has 1 unspecified atom stereocenters. The molecular weight excluding hydrogens is 238 g/mol. The lowest BCUT2D eigenvalue weighted by atomic mass is 9.99. The number of hydrogen-bond acceptors (Lipinski definition) is 2. The van der Waals surface area contributed by atoms with Crippen LogP contribution < -0.4 is 5.73 Å². The van der Waals surface area contributed by atoms with E-state index in [0.717, 1.165) is 16.7 Å². The number of nitrogens with two attached hydrogens (primary N) is 1. The maximum absolute atomic E-state index is 10.8. The summed E-state index contributed by atoms with van der Waals surface area (Å²) < 4.78 is 0. The fraction of sp³-hybridized carbons (Fsp3) is 0.188. The molecule has 0 fully saturated rings. The Bertz CT molecular complexity index is 593. The molecule has 0 aliphatic carbocycles. The van der Waals surface area contributed by atoms with Crippen molar-refractivity contribution in [3.8, 4) is 11.1 Å². The minimum absolute atomic E-state index is 0.342. The summed E-state index contributed by atoms with van der Waals surface area (Å²) in [5.74, 6) is -0.971. The maximum atomic E-state index is 10.8. The molecule has 3 nitrogen and oxygen atoms in total. The molecule has 0 saturated heterocycles. The van der Waals surface area contributed by atoms with Gasteiger partial charge in [0.15, 0.2) is 0 Å². The molecule has 1 atom stereocenters. The van der Waals surface area contributed by atoms with Gasteiger partial charge in [-0.25, -0.2) is 0 Å². The summed E-state index contributed by atoms with van der Waals surface area (Å²) in [6.07, 6.45) is 0.342. The van der Waals surface area contributed by atoms with Gasteiger partial charge >= 0.3 is 5.97 Å². The molecule has 2 aromatic carbocycles. The van der Waals surface area contributed by atoms with E-state index in [2.05, 4.69) is 6.07 Å². The molecule has 2 aromatic rings. The highest BCUT2D eigenvalue weighted by Crippen LogP contribution is 2.21. The second-order valence-corrected chi connectivity index (χ2v) is 4.72. The van der Waals surface area contributed by atoms with Crippen molar-refractivity contribution in [2.75, 3.05) is 0 Å². The van der Waals surface area contributed by atoms with Crippen LogP contribution in [0.5, 0.6) is 0 Å². The van der Waals surface area contributed by atoms with Gasteiger partial charge < -0.3 is 10.8 Å². The number of hydrogen-bond donors (Lipinski definition) is 2. The molecule has 0 aliphatic heterocycles. The summed E-state index contributed by atoms with van der Waals surface area (Å²) >= 11 is 0. The summed E-state index contributed by atoms with van der Waals surface area (Å²) in [6.45, 7) is 2.05. The highest BCUT2D eigenvalue weighted by atomic mass is 16.4. The van der Waals surface area contributed by atoms with Gasteiger partial charge in [-0.1, -0.05) is 54.1 Å². The number of carbonyl (C=O) groups is 1. The smallest absolute Gasteiger partial charge is 0.320 e. The molecule has 2 rings (SSSR count). The van der Waals surface area contributed by atoms with Crippen LogP contribution in [-0.2, 0) is 11.2 Å². The zero-order chi connectivity index (χ0) is 13.8. The first-order valence-electron chi connectivity index (χ1n) is 6.20. The van der Waals surface area contributed by atoms with Gasteiger partial charge in [-0.3, -0.25) is 4.79 Å². The quantitative estimate of drug-likeness (QED) is 0.882. The Morgan fingerprint density at radius 3 is 2.42 bits per heavy atom. The number of carboxylic acid groups (broad SMARTS) is 1. The topological polar surface area (TPSA) is 63.3 Å². The van der Waals surface area contributed by atoms with E-state index < -0.39 is 12.0 Å². The number of aliphatic carboxylic acids is 1. The Morgan fingerprint density at radius 1 is 1.16 bits per heavy atom. The van der Waals surface area contributed by atoms with E-state index in [4.69, 9.17) is 10.8 Å². The molecule has 3 N–H and O–H groups in total. The van der Waals surface area contributed by atoms with Crippen molar-refractivity contribution in [3.05, 3.63) is 59.7 Å². The van der Waals surface area contributed by atoms with E-state index in [1.165, 1.54) is 5.56 Å². The summed E-state index contributed by atoms with van der Waals surface area (Å²) in [5, 5.41) is 8.84. The third-order valence-corrected chi connectivity index (χ3v) is 3.05. The van der Waals surface area contributed by atoms with Crippen molar-refractivity contribution in [2.24, 2.45) is 5.73 Å². The predicted molar refractivity (Wildman–Crippen MR) is 75.9 cm³/mol. The molecule has 0 amide bonds. The minimum Gasteiger partial charge on any atom is -0.480 e. The molecule has 0 radical (unpaired) electrons. The largest absolute Gasteiger partial charge is 0.480 e. The highest BCUT2D eigenvalue weighted by Gasteiger charge is 2.12. The van der Waals surface area contributed by atoms with Gasteiger partial charge in [0, 0.05) is 0 Å². The van der Waals surface area contributed by atoms with Gasteiger partial charge in [-0.2, -0.15) is 0 Å². The molecule has 3 heteroatoms. The Balaban J connectivity index is 2.27. The Hall–Kier alpha value is -2.13. The van der Waals surface area contributed by atoms with Gasteiger partial charge in [0.1, 0.15) is 6.04 Å². The predicted octanol–water partition coefficient (Wildman–Crippen LogP) is 2.62. The first kappa shape index (κ1) is 13.3. The second-order valence-electron chi connectivity index (χ2n) is 4.72. The second kappa shape index (κ2) is 5.67. The summed E-state index contributed by atoms with van der Waals surface area (Å²) in [5.41, 5.74) is 9.91. The van der Waals surface area contributed by atoms with Crippen LogP contribution in [0.15, 0.2) is 48.5 Å². The Morgan fingerprint density at radius 2 is 1.79 bits per heavy atom. The first-order valence-corrected chi connectivity index (χ1v) is 6.20. The fourth-order valence-corrected chi connectivity index (χ4v) is 2.04. The minimum atomic E-state index is -0.971. The molecule has 98 valence electrons. The number of carboxylic acids is 1. The number of aryl methyl sites for hydroxylation is 1. The third kappa shape index (κ3) is 3.42. The van der Waals surface area contributed by atoms with E-state index >= 15 is 0 Å². The zero-order valence-electron chi connectivity index (χ0n) is 10.8. The van der Waals surface area contributed by atoms with E-state index in [9.17, 15) is 4.79 Å². The molecule has 0 heterocycles. The Labute approximate surface area is 112 Å². The van der Waals surface area contributed by atoms with E-state index in [-0.39, 0.29) is 0 Å². The standard InChI is InChI=1S/C16H17NO2/c1-11-4-2-6-13(8-11)14-7-3-5-12(9-14)10-15(17)16(18)19/h2-9,15H,10,17H2,1H3,(H,18,19). The lowest BCUT2D eigenvalue weighted by molar-refractivity contribution is -0.138. The van der Waals surface area contributed by atoms with Crippen LogP contribution in [0.25, 0.3) is 11.1 Å². The van der Waals surface area contributed by atoms with E-state index in [1.807, 2.05) is 49.4 Å². The van der Waals surface area contributed by atoms with Gasteiger partial charge in [0.2, 0.25) is 0 Å². The van der Waals surface area contributed by atoms with Crippen molar-refractivity contribution < 1.29 is 9.90 Å². The average Bonchev–Trinajstić information content (AvgIpc) is 2.39. The maximum Gasteiger partial charge on any atom is 0.320 e. The lowest BCUT2D eigenvalue weighted by Crippen LogP contribution is -2.32. The highest BCUT2D eigenvalue weighted by molar-refractivity contribution is 5.73. The van der Waals surface area contributed by atoms with Crippen molar-refractivity contribution in [1.29, 1.82) is 0 Å². The van der Waals surface area contributed by atoms with Gasteiger partial charge in [0.05, 0.1) is 0 Å². The van der Waals surface area contributed by atoms with Crippen LogP contribution in [0, 0.1) is 6.92 Å². The first-order chi connectivity index (χ1) is 9.06. The molecule has 0 saturated carbocycles. The summed E-state index contributed by atoms with van der Waals surface area (Å²) in [7, 11) is 0. The normalized spacial score (nSPS) is 12.1. The van der Waals surface area contributed by atoms with Gasteiger partial charge in [-0.15, -0.1) is 0 Å². The fourth-order valence-electron chi connectivity index (χ4n) is 2.04.